The molecule has 1 unspecified atom stereocenters. The van der Waals surface area contributed by atoms with Crippen LogP contribution in [0.2, 0.25) is 0 Å². The molecular formula is C16H20N6OS. The Kier molecular flexibility index (Phi) is 4.31. The number of hydrogen-bond acceptors (Lipinski definition) is 7. The van der Waals surface area contributed by atoms with Gasteiger partial charge in [-0.15, -0.1) is 20.4 Å². The molecule has 2 heterocycles. The number of hydrogen-bond donors (Lipinski definition) is 1. The van der Waals surface area contributed by atoms with Gasteiger partial charge in [0.25, 0.3) is 0 Å². The lowest BCUT2D eigenvalue weighted by Gasteiger charge is -2.16. The van der Waals surface area contributed by atoms with Gasteiger partial charge in [-0.1, -0.05) is 50.7 Å². The summed E-state index contributed by atoms with van der Waals surface area (Å²) < 4.78 is 7.30. The highest BCUT2D eigenvalue weighted by atomic mass is 32.2. The fraction of sp³-hybridized carbons (Fsp3) is 0.375. The molecule has 0 saturated carbocycles. The summed E-state index contributed by atoms with van der Waals surface area (Å²) in [6.45, 7) is 8.10. The first-order valence-corrected chi connectivity index (χ1v) is 8.50. The van der Waals surface area contributed by atoms with E-state index in [1.165, 1.54) is 16.4 Å². The first-order chi connectivity index (χ1) is 11.4. The van der Waals surface area contributed by atoms with Crippen LogP contribution in [0.4, 0.5) is 0 Å². The SMILES string of the molecule is CC(Sc1nnc(C(C)(C)C)n1N)c1nnc(-c2ccccc2)o1. The molecule has 126 valence electrons. The van der Waals surface area contributed by atoms with Gasteiger partial charge in [-0.05, 0) is 19.1 Å². The Labute approximate surface area is 144 Å². The molecule has 0 spiro atoms. The van der Waals surface area contributed by atoms with Gasteiger partial charge >= 0.3 is 0 Å². The molecule has 7 nitrogen and oxygen atoms in total. The van der Waals surface area contributed by atoms with Gasteiger partial charge in [0.1, 0.15) is 0 Å². The molecule has 3 aromatic rings. The first-order valence-electron chi connectivity index (χ1n) is 7.62. The highest BCUT2D eigenvalue weighted by Crippen LogP contribution is 2.34. The molecule has 0 amide bonds. The van der Waals surface area contributed by atoms with E-state index in [4.69, 9.17) is 10.3 Å². The first kappa shape index (κ1) is 16.5. The quantitative estimate of drug-likeness (QED) is 0.573. The second-order valence-corrected chi connectivity index (χ2v) is 7.81. The van der Waals surface area contributed by atoms with Crippen LogP contribution in [0.5, 0.6) is 0 Å². The van der Waals surface area contributed by atoms with Crippen molar-refractivity contribution in [1.82, 2.24) is 25.1 Å². The monoisotopic (exact) mass is 344 g/mol. The maximum absolute atomic E-state index is 6.12. The van der Waals surface area contributed by atoms with Crippen molar-refractivity contribution in [3.8, 4) is 11.5 Å². The predicted molar refractivity (Wildman–Crippen MR) is 92.9 cm³/mol. The predicted octanol–water partition coefficient (Wildman–Crippen LogP) is 3.19. The van der Waals surface area contributed by atoms with E-state index in [1.807, 2.05) is 58.0 Å². The van der Waals surface area contributed by atoms with E-state index in [9.17, 15) is 0 Å². The van der Waals surface area contributed by atoms with Crippen LogP contribution in [0, 0.1) is 0 Å². The third-order valence-electron chi connectivity index (χ3n) is 3.43. The van der Waals surface area contributed by atoms with Crippen molar-refractivity contribution in [2.75, 3.05) is 5.84 Å². The number of aromatic nitrogens is 5. The second kappa shape index (κ2) is 6.27. The maximum Gasteiger partial charge on any atom is 0.247 e. The molecule has 0 fully saturated rings. The van der Waals surface area contributed by atoms with E-state index in [0.717, 1.165) is 11.4 Å². The van der Waals surface area contributed by atoms with E-state index in [1.54, 1.807) is 0 Å². The molecule has 1 aromatic carbocycles. The molecule has 24 heavy (non-hydrogen) atoms. The van der Waals surface area contributed by atoms with Crippen LogP contribution < -0.4 is 5.84 Å². The Bertz CT molecular complexity index is 821. The largest absolute Gasteiger partial charge is 0.419 e. The minimum absolute atomic E-state index is 0.0886. The molecular weight excluding hydrogens is 324 g/mol. The average Bonchev–Trinajstić information content (AvgIpc) is 3.15. The van der Waals surface area contributed by atoms with Gasteiger partial charge in [0.15, 0.2) is 5.82 Å². The molecule has 0 aliphatic heterocycles. The van der Waals surface area contributed by atoms with Crippen LogP contribution in [0.1, 0.15) is 44.7 Å². The molecule has 2 N–H and O–H groups in total. The molecule has 2 aromatic heterocycles. The molecule has 0 aliphatic rings. The maximum atomic E-state index is 6.12. The van der Waals surface area contributed by atoms with Crippen molar-refractivity contribution in [2.24, 2.45) is 0 Å². The minimum Gasteiger partial charge on any atom is -0.419 e. The lowest BCUT2D eigenvalue weighted by molar-refractivity contribution is 0.508. The lowest BCUT2D eigenvalue weighted by atomic mass is 9.96. The number of thioether (sulfide) groups is 1. The number of nitrogen functional groups attached to an aromatic ring is 1. The fourth-order valence-corrected chi connectivity index (χ4v) is 2.97. The van der Waals surface area contributed by atoms with Gasteiger partial charge in [-0.25, -0.2) is 4.68 Å². The van der Waals surface area contributed by atoms with Gasteiger partial charge in [0, 0.05) is 11.0 Å². The number of nitrogens with two attached hydrogens (primary N) is 1. The molecule has 0 saturated heterocycles. The highest BCUT2D eigenvalue weighted by Gasteiger charge is 2.25. The molecule has 0 aliphatic carbocycles. The van der Waals surface area contributed by atoms with Crippen LogP contribution in [0.3, 0.4) is 0 Å². The van der Waals surface area contributed by atoms with Gasteiger partial charge < -0.3 is 10.3 Å². The number of benzene rings is 1. The summed E-state index contributed by atoms with van der Waals surface area (Å²) in [5.74, 6) is 7.88. The Morgan fingerprint density at radius 3 is 2.42 bits per heavy atom. The minimum atomic E-state index is -0.172. The van der Waals surface area contributed by atoms with Crippen molar-refractivity contribution < 1.29 is 4.42 Å². The summed E-state index contributed by atoms with van der Waals surface area (Å²) in [5, 5.41) is 17.1. The number of rotatable bonds is 4. The zero-order valence-electron chi connectivity index (χ0n) is 14.1. The smallest absolute Gasteiger partial charge is 0.247 e. The van der Waals surface area contributed by atoms with Gasteiger partial charge in [-0.3, -0.25) is 0 Å². The third kappa shape index (κ3) is 3.28. The summed E-state index contributed by atoms with van der Waals surface area (Å²) in [6.07, 6.45) is 0. The van der Waals surface area contributed by atoms with Crippen molar-refractivity contribution in [3.05, 3.63) is 42.0 Å². The van der Waals surface area contributed by atoms with Crippen molar-refractivity contribution in [1.29, 1.82) is 0 Å². The summed E-state index contributed by atoms with van der Waals surface area (Å²) >= 11 is 1.44. The van der Waals surface area contributed by atoms with Crippen molar-refractivity contribution in [2.45, 2.75) is 43.5 Å². The molecule has 0 bridgehead atoms. The normalized spacial score (nSPS) is 13.2. The molecule has 1 atom stereocenters. The van der Waals surface area contributed by atoms with Crippen LogP contribution >= 0.6 is 11.8 Å². The average molecular weight is 344 g/mol. The number of nitrogens with zero attached hydrogens (tertiary/aromatic N) is 5. The summed E-state index contributed by atoms with van der Waals surface area (Å²) in [7, 11) is 0. The Morgan fingerprint density at radius 2 is 1.79 bits per heavy atom. The summed E-state index contributed by atoms with van der Waals surface area (Å²) in [5.41, 5.74) is 0.722. The molecule has 8 heteroatoms. The molecule has 0 radical (unpaired) electrons. The zero-order valence-corrected chi connectivity index (χ0v) is 14.9. The van der Waals surface area contributed by atoms with E-state index < -0.39 is 0 Å². The fourth-order valence-electron chi connectivity index (χ4n) is 2.17. The highest BCUT2D eigenvalue weighted by molar-refractivity contribution is 7.99. The van der Waals surface area contributed by atoms with Crippen molar-refractivity contribution >= 4 is 11.8 Å². The van der Waals surface area contributed by atoms with Crippen LogP contribution in [0.25, 0.3) is 11.5 Å². The third-order valence-corrected chi connectivity index (χ3v) is 4.47. The lowest BCUT2D eigenvalue weighted by Crippen LogP contribution is -2.24. The standard InChI is InChI=1S/C16H20N6OS/c1-10(24-15-21-20-14(22(15)17)16(2,3)4)12-18-19-13(23-12)11-8-6-5-7-9-11/h5-10H,17H2,1-4H3. The van der Waals surface area contributed by atoms with E-state index in [-0.39, 0.29) is 10.7 Å². The van der Waals surface area contributed by atoms with Gasteiger partial charge in [0.05, 0.1) is 5.25 Å². The Balaban J connectivity index is 1.78. The van der Waals surface area contributed by atoms with Crippen LogP contribution in [0.15, 0.2) is 39.9 Å². The Morgan fingerprint density at radius 1 is 1.08 bits per heavy atom. The van der Waals surface area contributed by atoms with Gasteiger partial charge in [0.2, 0.25) is 16.9 Å². The zero-order chi connectivity index (χ0) is 17.3. The van der Waals surface area contributed by atoms with Gasteiger partial charge in [-0.2, -0.15) is 0 Å². The van der Waals surface area contributed by atoms with Crippen LogP contribution in [-0.2, 0) is 5.41 Å². The van der Waals surface area contributed by atoms with Crippen molar-refractivity contribution in [3.63, 3.8) is 0 Å². The van der Waals surface area contributed by atoms with Crippen LogP contribution in [-0.4, -0.2) is 25.1 Å². The van der Waals surface area contributed by atoms with E-state index >= 15 is 0 Å². The second-order valence-electron chi connectivity index (χ2n) is 6.50. The Hall–Kier alpha value is -2.35. The topological polar surface area (TPSA) is 95.7 Å². The summed E-state index contributed by atoms with van der Waals surface area (Å²) in [4.78, 5) is 0. The van der Waals surface area contributed by atoms with E-state index in [0.29, 0.717) is 16.9 Å². The molecule has 3 rings (SSSR count). The summed E-state index contributed by atoms with van der Waals surface area (Å²) in [6, 6.07) is 9.67. The van der Waals surface area contributed by atoms with E-state index in [2.05, 4.69) is 20.4 Å².